The van der Waals surface area contributed by atoms with Crippen LogP contribution in [0.2, 0.25) is 0 Å². The first kappa shape index (κ1) is 40.5. The molecule has 16 heteroatoms. The van der Waals surface area contributed by atoms with Crippen LogP contribution in [-0.4, -0.2) is 99.7 Å². The summed E-state index contributed by atoms with van der Waals surface area (Å²) < 4.78 is 22.5. The van der Waals surface area contributed by atoms with Crippen molar-refractivity contribution in [2.45, 2.75) is 84.0 Å². The zero-order chi connectivity index (χ0) is 42.2. The highest BCUT2D eigenvalue weighted by Crippen LogP contribution is 2.43. The van der Waals surface area contributed by atoms with Crippen LogP contribution in [-0.2, 0) is 25.5 Å². The Kier molecular flexibility index (Phi) is 11.3. The van der Waals surface area contributed by atoms with E-state index < -0.39 is 24.3 Å². The number of aromatic amines is 2. The molecule has 3 aliphatic heterocycles. The van der Waals surface area contributed by atoms with E-state index in [1.54, 1.807) is 22.2 Å². The van der Waals surface area contributed by atoms with E-state index in [1.807, 2.05) is 58.0 Å². The maximum Gasteiger partial charge on any atom is 0.407 e. The summed E-state index contributed by atoms with van der Waals surface area (Å²) in [5, 5.41) is 6.41. The van der Waals surface area contributed by atoms with Gasteiger partial charge in [-0.15, -0.1) is 0 Å². The van der Waals surface area contributed by atoms with Crippen molar-refractivity contribution in [1.82, 2.24) is 40.4 Å². The average Bonchev–Trinajstić information content (AvgIpc) is 4.10. The largest absolute Gasteiger partial charge is 0.492 e. The van der Waals surface area contributed by atoms with Gasteiger partial charge in [-0.3, -0.25) is 9.59 Å². The maximum atomic E-state index is 13.7. The highest BCUT2D eigenvalue weighted by atomic mass is 16.5. The van der Waals surface area contributed by atoms with Crippen LogP contribution >= 0.6 is 0 Å². The van der Waals surface area contributed by atoms with E-state index in [-0.39, 0.29) is 35.7 Å². The molecule has 60 heavy (non-hydrogen) atoms. The van der Waals surface area contributed by atoms with Gasteiger partial charge in [0, 0.05) is 41.6 Å². The van der Waals surface area contributed by atoms with Crippen LogP contribution in [0.5, 0.6) is 5.75 Å². The Morgan fingerprint density at radius 2 is 1.30 bits per heavy atom. The topological polar surface area (TPSA) is 197 Å². The van der Waals surface area contributed by atoms with Gasteiger partial charge in [0.05, 0.1) is 62.3 Å². The molecule has 2 aromatic carbocycles. The molecule has 16 nitrogen and oxygen atoms in total. The van der Waals surface area contributed by atoms with Crippen molar-refractivity contribution in [2.75, 3.05) is 33.9 Å². The highest BCUT2D eigenvalue weighted by molar-refractivity contribution is 5.92. The summed E-state index contributed by atoms with van der Waals surface area (Å²) >= 11 is 0. The molecule has 6 heterocycles. The van der Waals surface area contributed by atoms with E-state index in [9.17, 15) is 19.2 Å². The number of hydrogen-bond donors (Lipinski definition) is 4. The van der Waals surface area contributed by atoms with Crippen molar-refractivity contribution in [3.63, 3.8) is 0 Å². The third-order valence-corrected chi connectivity index (χ3v) is 11.9. The van der Waals surface area contributed by atoms with Gasteiger partial charge in [0.25, 0.3) is 0 Å². The first-order valence-electron chi connectivity index (χ1n) is 20.7. The highest BCUT2D eigenvalue weighted by Gasteiger charge is 2.39. The Bertz CT molecular complexity index is 2410. The predicted octanol–water partition coefficient (Wildman–Crippen LogP) is 6.90. The van der Waals surface area contributed by atoms with Crippen molar-refractivity contribution in [3.8, 4) is 39.6 Å². The van der Waals surface area contributed by atoms with Crippen LogP contribution in [0, 0.1) is 11.8 Å². The van der Waals surface area contributed by atoms with E-state index in [2.05, 4.69) is 26.7 Å². The second kappa shape index (κ2) is 16.7. The molecule has 316 valence electrons. The predicted molar refractivity (Wildman–Crippen MR) is 222 cm³/mol. The second-order valence-corrected chi connectivity index (χ2v) is 16.4. The lowest BCUT2D eigenvalue weighted by Crippen LogP contribution is -2.51. The number of H-pyrrole nitrogens is 2. The fourth-order valence-corrected chi connectivity index (χ4v) is 8.73. The summed E-state index contributed by atoms with van der Waals surface area (Å²) in [5.74, 6) is 2.28. The van der Waals surface area contributed by atoms with Crippen molar-refractivity contribution in [1.29, 1.82) is 0 Å². The molecule has 4 atom stereocenters. The van der Waals surface area contributed by atoms with E-state index >= 15 is 0 Å². The minimum Gasteiger partial charge on any atom is -0.492 e. The number of nitrogens with one attached hydrogen (secondary N) is 4. The lowest BCUT2D eigenvalue weighted by molar-refractivity contribution is -0.136. The van der Waals surface area contributed by atoms with Gasteiger partial charge in [-0.2, -0.15) is 0 Å². The summed E-state index contributed by atoms with van der Waals surface area (Å²) in [6.07, 6.45) is 6.12. The number of ether oxygens (including phenoxy) is 3. The van der Waals surface area contributed by atoms with Gasteiger partial charge >= 0.3 is 12.2 Å². The van der Waals surface area contributed by atoms with E-state index in [4.69, 9.17) is 28.6 Å². The van der Waals surface area contributed by atoms with Crippen molar-refractivity contribution in [3.05, 3.63) is 66.0 Å². The Hall–Kier alpha value is -6.32. The van der Waals surface area contributed by atoms with Gasteiger partial charge in [0.2, 0.25) is 11.8 Å². The van der Waals surface area contributed by atoms with Crippen LogP contribution in [0.4, 0.5) is 9.59 Å². The molecule has 0 spiro atoms. The number of rotatable bonds is 10. The van der Waals surface area contributed by atoms with Gasteiger partial charge in [-0.25, -0.2) is 19.6 Å². The lowest BCUT2D eigenvalue weighted by atomic mass is 10.0. The standard InChI is InChI=1S/C44H52N8O8/c1-23(2)36(49-43(55)57-5)41(53)51-16-7-9-32(51)39-45-21-30(47-39)25-12-14-29-34(19-25)59-18-15-28-27-13-11-26(20-35(27)60-38(28)29)31-22-46-40(48-31)33-10-8-17-52(33)42(54)37(24(3)4)50-44(56)58-6/h11-14,19-24,32-33,36-37H,7-10,15-18H2,1-6H3,(H,45,47)(H,46,48)(H,49,55)(H,50,56)/t32-,33-,36-,37-/m0/s1. The lowest BCUT2D eigenvalue weighted by Gasteiger charge is -2.30. The number of fused-ring (bicyclic) bond motifs is 5. The Morgan fingerprint density at radius 1 is 0.767 bits per heavy atom. The van der Waals surface area contributed by atoms with Crippen LogP contribution in [0.25, 0.3) is 44.8 Å². The SMILES string of the molecule is COC(=O)N[C@H](C(=O)N1CCC[C@H]1c1ncc(-c2ccc3c(c2)OCCc2c-3oc3cc(-c4cnc([C@@H]5CCCN5C(=O)[C@@H](NC(=O)OC)C(C)C)[nH]4)ccc23)[nH]1)C(C)C. The molecule has 0 radical (unpaired) electrons. The molecule has 0 bridgehead atoms. The van der Waals surface area contributed by atoms with Crippen LogP contribution in [0.3, 0.4) is 0 Å². The number of alkyl carbamates (subject to hydrolysis) is 2. The minimum atomic E-state index is -0.711. The van der Waals surface area contributed by atoms with Crippen molar-refractivity contribution in [2.24, 2.45) is 11.8 Å². The summed E-state index contributed by atoms with van der Waals surface area (Å²) in [7, 11) is 2.57. The number of carbonyl (C=O) groups excluding carboxylic acids is 4. The normalized spacial score (nSPS) is 18.5. The maximum absolute atomic E-state index is 13.7. The summed E-state index contributed by atoms with van der Waals surface area (Å²) in [5.41, 5.74) is 6.06. The first-order valence-corrected chi connectivity index (χ1v) is 20.7. The van der Waals surface area contributed by atoms with Crippen LogP contribution in [0.15, 0.2) is 53.2 Å². The monoisotopic (exact) mass is 820 g/mol. The molecule has 2 saturated heterocycles. The van der Waals surface area contributed by atoms with E-state index in [0.717, 1.165) is 76.1 Å². The van der Waals surface area contributed by atoms with Gasteiger partial charge in [0.15, 0.2) is 0 Å². The zero-order valence-electron chi connectivity index (χ0n) is 34.8. The molecule has 0 aliphatic carbocycles. The van der Waals surface area contributed by atoms with Crippen molar-refractivity contribution < 1.29 is 37.8 Å². The third kappa shape index (κ3) is 7.66. The summed E-state index contributed by atoms with van der Waals surface area (Å²) in [6, 6.07) is 10.2. The van der Waals surface area contributed by atoms with E-state index in [0.29, 0.717) is 43.5 Å². The molecular formula is C44H52N8O8. The quantitative estimate of drug-likeness (QED) is 0.115. The number of benzene rings is 2. The van der Waals surface area contributed by atoms with Gasteiger partial charge < -0.3 is 49.0 Å². The third-order valence-electron chi connectivity index (χ3n) is 11.9. The van der Waals surface area contributed by atoms with Crippen LogP contribution in [0.1, 0.15) is 82.7 Å². The molecule has 3 aliphatic rings. The Balaban J connectivity index is 1.01. The fraction of sp³-hybridized carbons (Fsp3) is 0.455. The number of amides is 4. The number of carbonyl (C=O) groups is 4. The Morgan fingerprint density at radius 3 is 1.83 bits per heavy atom. The molecule has 3 aromatic heterocycles. The summed E-state index contributed by atoms with van der Waals surface area (Å²) in [4.78, 5) is 71.3. The minimum absolute atomic E-state index is 0.123. The second-order valence-electron chi connectivity index (χ2n) is 16.4. The van der Waals surface area contributed by atoms with Gasteiger partial charge in [-0.1, -0.05) is 45.9 Å². The number of imidazole rings is 2. The number of aromatic nitrogens is 4. The zero-order valence-corrected chi connectivity index (χ0v) is 34.8. The smallest absolute Gasteiger partial charge is 0.407 e. The molecule has 0 unspecified atom stereocenters. The molecule has 0 saturated carbocycles. The fourth-order valence-electron chi connectivity index (χ4n) is 8.73. The average molecular weight is 821 g/mol. The molecule has 8 rings (SSSR count). The number of nitrogens with zero attached hydrogens (tertiary/aromatic N) is 4. The van der Waals surface area contributed by atoms with Crippen LogP contribution < -0.4 is 15.4 Å². The molecule has 2 fully saturated rings. The van der Waals surface area contributed by atoms with Gasteiger partial charge in [-0.05, 0) is 55.7 Å². The molecular weight excluding hydrogens is 769 g/mol. The molecule has 4 N–H and O–H groups in total. The number of furan rings is 1. The first-order chi connectivity index (χ1) is 28.9. The van der Waals surface area contributed by atoms with Gasteiger partial charge in [0.1, 0.15) is 40.8 Å². The molecule has 4 amide bonds. The number of methoxy groups -OCH3 is 2. The number of likely N-dealkylation sites (tertiary alicyclic amines) is 2. The summed E-state index contributed by atoms with van der Waals surface area (Å²) in [6.45, 7) is 9.20. The molecule has 5 aromatic rings. The Labute approximate surface area is 347 Å². The van der Waals surface area contributed by atoms with E-state index in [1.165, 1.54) is 14.2 Å². The van der Waals surface area contributed by atoms with Crippen molar-refractivity contribution >= 4 is 35.0 Å². The number of hydrogen-bond acceptors (Lipinski definition) is 10.